The second-order valence-corrected chi connectivity index (χ2v) is 10.3. The smallest absolute Gasteiger partial charge is 0.321 e. The molecule has 1 saturated heterocycles. The Kier molecular flexibility index (Phi) is 6.83. The normalized spacial score (nSPS) is 20.9. The Bertz CT molecular complexity index is 1180. The lowest BCUT2D eigenvalue weighted by molar-refractivity contribution is -0.136. The summed E-state index contributed by atoms with van der Waals surface area (Å²) in [5, 5.41) is 4.60. The molecule has 1 aliphatic carbocycles. The number of urea groups is 1. The molecule has 2 atom stereocenters. The number of benzene rings is 2. The molecule has 2 heterocycles. The molecule has 8 heteroatoms. The summed E-state index contributed by atoms with van der Waals surface area (Å²) in [4.78, 5) is 35.0. The van der Waals surface area contributed by atoms with E-state index in [9.17, 15) is 9.59 Å². The minimum atomic E-state index is -0.149. The number of allylic oxidation sites excluding steroid dienone is 2. The maximum atomic E-state index is 13.6. The third kappa shape index (κ3) is 4.95. The van der Waals surface area contributed by atoms with Crippen molar-refractivity contribution in [2.45, 2.75) is 25.2 Å². The molecule has 2 aliphatic rings. The van der Waals surface area contributed by atoms with Gasteiger partial charge < -0.3 is 15.1 Å². The van der Waals surface area contributed by atoms with Crippen LogP contribution in [0.3, 0.4) is 0 Å². The topological polar surface area (TPSA) is 65.5 Å². The molecular formula is C26H27ClN4O2S. The van der Waals surface area contributed by atoms with Crippen molar-refractivity contribution in [1.29, 1.82) is 0 Å². The Balaban J connectivity index is 1.25. The van der Waals surface area contributed by atoms with E-state index in [4.69, 9.17) is 16.6 Å². The average Bonchev–Trinajstić information content (AvgIpc) is 3.14. The maximum absolute atomic E-state index is 13.6. The molecule has 1 aliphatic heterocycles. The minimum absolute atomic E-state index is 0.0995. The summed E-state index contributed by atoms with van der Waals surface area (Å²) in [7, 11) is 0. The van der Waals surface area contributed by atoms with Crippen molar-refractivity contribution in [3.63, 3.8) is 0 Å². The van der Waals surface area contributed by atoms with Crippen LogP contribution in [-0.2, 0) is 4.79 Å². The standard InChI is InChI=1S/C26H27ClN4O2S/c27-18-10-12-19(13-11-18)28-26(33)31-15-5-14-30(16-17-31)25(32)21-7-2-1-6-20(21)24-29-22-8-3-4-9-23(22)34-24/h1-4,8-13,20-21H,5-7,14-17H2,(H,28,33). The van der Waals surface area contributed by atoms with E-state index in [2.05, 4.69) is 23.5 Å². The zero-order chi connectivity index (χ0) is 23.5. The van der Waals surface area contributed by atoms with E-state index >= 15 is 0 Å². The number of fused-ring (bicyclic) bond motifs is 1. The molecule has 176 valence electrons. The molecule has 5 rings (SSSR count). The number of nitrogens with one attached hydrogen (secondary N) is 1. The highest BCUT2D eigenvalue weighted by Crippen LogP contribution is 2.39. The Morgan fingerprint density at radius 1 is 0.941 bits per heavy atom. The Morgan fingerprint density at radius 2 is 1.68 bits per heavy atom. The number of rotatable bonds is 3. The van der Waals surface area contributed by atoms with Gasteiger partial charge in [0.2, 0.25) is 5.91 Å². The Hall–Kier alpha value is -2.90. The molecule has 0 saturated carbocycles. The Labute approximate surface area is 208 Å². The van der Waals surface area contributed by atoms with E-state index < -0.39 is 0 Å². The fraction of sp³-hybridized carbons (Fsp3) is 0.346. The van der Waals surface area contributed by atoms with E-state index in [1.54, 1.807) is 40.5 Å². The average molecular weight is 495 g/mol. The predicted octanol–water partition coefficient (Wildman–Crippen LogP) is 5.77. The van der Waals surface area contributed by atoms with Crippen molar-refractivity contribution in [3.8, 4) is 0 Å². The number of para-hydroxylation sites is 1. The van der Waals surface area contributed by atoms with Gasteiger partial charge in [0.1, 0.15) is 0 Å². The second kappa shape index (κ2) is 10.2. The highest BCUT2D eigenvalue weighted by Gasteiger charge is 2.35. The molecule has 2 aromatic carbocycles. The van der Waals surface area contributed by atoms with Crippen molar-refractivity contribution in [2.24, 2.45) is 5.92 Å². The van der Waals surface area contributed by atoms with Crippen LogP contribution in [0, 0.1) is 5.92 Å². The van der Waals surface area contributed by atoms with Crippen molar-refractivity contribution in [3.05, 3.63) is 70.7 Å². The zero-order valence-electron chi connectivity index (χ0n) is 18.8. The van der Waals surface area contributed by atoms with E-state index in [0.29, 0.717) is 36.9 Å². The molecule has 0 radical (unpaired) electrons. The summed E-state index contributed by atoms with van der Waals surface area (Å²) < 4.78 is 1.16. The molecule has 3 amide bonds. The quantitative estimate of drug-likeness (QED) is 0.470. The van der Waals surface area contributed by atoms with Crippen molar-refractivity contribution in [1.82, 2.24) is 14.8 Å². The highest BCUT2D eigenvalue weighted by molar-refractivity contribution is 7.18. The summed E-state index contributed by atoms with van der Waals surface area (Å²) in [6, 6.07) is 15.1. The summed E-state index contributed by atoms with van der Waals surface area (Å²) in [6.07, 6.45) is 6.62. The lowest BCUT2D eigenvalue weighted by Gasteiger charge is -2.31. The third-order valence-corrected chi connectivity index (χ3v) is 7.99. The van der Waals surface area contributed by atoms with Gasteiger partial charge in [-0.3, -0.25) is 4.79 Å². The number of hydrogen-bond acceptors (Lipinski definition) is 4. The number of aromatic nitrogens is 1. The first-order valence-electron chi connectivity index (χ1n) is 11.7. The van der Waals surface area contributed by atoms with Gasteiger partial charge in [-0.15, -0.1) is 11.3 Å². The molecular weight excluding hydrogens is 468 g/mol. The van der Waals surface area contributed by atoms with Gasteiger partial charge in [0.25, 0.3) is 0 Å². The minimum Gasteiger partial charge on any atom is -0.341 e. The molecule has 3 aromatic rings. The number of carbonyl (C=O) groups is 2. The van der Waals surface area contributed by atoms with E-state index in [0.717, 1.165) is 34.5 Å². The summed E-state index contributed by atoms with van der Waals surface area (Å²) >= 11 is 7.63. The number of thiazole rings is 1. The van der Waals surface area contributed by atoms with E-state index in [-0.39, 0.29) is 23.8 Å². The van der Waals surface area contributed by atoms with Crippen LogP contribution < -0.4 is 5.32 Å². The zero-order valence-corrected chi connectivity index (χ0v) is 20.4. The van der Waals surface area contributed by atoms with Gasteiger partial charge in [0.15, 0.2) is 0 Å². The first-order chi connectivity index (χ1) is 16.6. The van der Waals surface area contributed by atoms with Crippen molar-refractivity contribution >= 4 is 50.8 Å². The number of halogens is 1. The maximum Gasteiger partial charge on any atom is 0.321 e. The monoisotopic (exact) mass is 494 g/mol. The molecule has 6 nitrogen and oxygen atoms in total. The summed E-state index contributed by atoms with van der Waals surface area (Å²) in [6.45, 7) is 2.34. The van der Waals surface area contributed by atoms with Crippen LogP contribution >= 0.6 is 22.9 Å². The number of nitrogens with zero attached hydrogens (tertiary/aromatic N) is 3. The largest absolute Gasteiger partial charge is 0.341 e. The molecule has 1 aromatic heterocycles. The fourth-order valence-electron chi connectivity index (χ4n) is 4.72. The predicted molar refractivity (Wildman–Crippen MR) is 137 cm³/mol. The molecule has 0 bridgehead atoms. The number of carbonyl (C=O) groups excluding carboxylic acids is 2. The van der Waals surface area contributed by atoms with Crippen LogP contribution in [0.25, 0.3) is 10.2 Å². The molecule has 2 unspecified atom stereocenters. The van der Waals surface area contributed by atoms with E-state index in [1.807, 2.05) is 23.1 Å². The van der Waals surface area contributed by atoms with Crippen LogP contribution in [0.5, 0.6) is 0 Å². The van der Waals surface area contributed by atoms with Gasteiger partial charge in [-0.05, 0) is 55.7 Å². The molecule has 0 spiro atoms. The van der Waals surface area contributed by atoms with Crippen LogP contribution in [0.15, 0.2) is 60.7 Å². The SMILES string of the molecule is O=C(Nc1ccc(Cl)cc1)N1CCCN(C(=O)C2CC=CCC2c2nc3ccccc3s2)CC1. The van der Waals surface area contributed by atoms with Crippen molar-refractivity contribution in [2.75, 3.05) is 31.5 Å². The van der Waals surface area contributed by atoms with Crippen LogP contribution in [-0.4, -0.2) is 52.9 Å². The van der Waals surface area contributed by atoms with Gasteiger partial charge in [0.05, 0.1) is 21.1 Å². The highest BCUT2D eigenvalue weighted by atomic mass is 35.5. The van der Waals surface area contributed by atoms with E-state index in [1.165, 1.54) is 0 Å². The second-order valence-electron chi connectivity index (χ2n) is 8.78. The molecule has 34 heavy (non-hydrogen) atoms. The molecule has 1 N–H and O–H groups in total. The van der Waals surface area contributed by atoms with Crippen LogP contribution in [0.4, 0.5) is 10.5 Å². The third-order valence-electron chi connectivity index (χ3n) is 6.57. The van der Waals surface area contributed by atoms with Gasteiger partial charge in [-0.2, -0.15) is 0 Å². The van der Waals surface area contributed by atoms with Gasteiger partial charge in [0, 0.05) is 42.8 Å². The summed E-state index contributed by atoms with van der Waals surface area (Å²) in [5.41, 5.74) is 1.71. The van der Waals surface area contributed by atoms with Crippen molar-refractivity contribution < 1.29 is 9.59 Å². The number of amides is 3. The Morgan fingerprint density at radius 3 is 2.50 bits per heavy atom. The summed E-state index contributed by atoms with van der Waals surface area (Å²) in [5.74, 6) is 0.163. The van der Waals surface area contributed by atoms with Gasteiger partial charge in [-0.25, -0.2) is 9.78 Å². The fourth-order valence-corrected chi connectivity index (χ4v) is 5.99. The van der Waals surface area contributed by atoms with Crippen LogP contribution in [0.2, 0.25) is 5.02 Å². The lowest BCUT2D eigenvalue weighted by Crippen LogP contribution is -2.42. The number of hydrogen-bond donors (Lipinski definition) is 1. The number of anilines is 1. The van der Waals surface area contributed by atoms with Gasteiger partial charge in [-0.1, -0.05) is 35.9 Å². The van der Waals surface area contributed by atoms with Crippen LogP contribution in [0.1, 0.15) is 30.2 Å². The lowest BCUT2D eigenvalue weighted by atomic mass is 9.82. The molecule has 1 fully saturated rings. The first kappa shape index (κ1) is 22.9. The first-order valence-corrected chi connectivity index (χ1v) is 12.9. The van der Waals surface area contributed by atoms with Gasteiger partial charge >= 0.3 is 6.03 Å².